The second kappa shape index (κ2) is 6.93. The van der Waals surface area contributed by atoms with E-state index in [9.17, 15) is 4.21 Å². The molecule has 1 aromatic rings. The van der Waals surface area contributed by atoms with Crippen molar-refractivity contribution in [3.05, 3.63) is 36.0 Å². The summed E-state index contributed by atoms with van der Waals surface area (Å²) < 4.78 is 31.4. The van der Waals surface area contributed by atoms with E-state index in [1.54, 1.807) is 26.4 Å². The van der Waals surface area contributed by atoms with Crippen molar-refractivity contribution in [2.75, 3.05) is 14.2 Å². The van der Waals surface area contributed by atoms with Crippen molar-refractivity contribution >= 4 is 11.3 Å². The topological polar surface area (TPSA) is 67.8 Å². The molecule has 0 radical (unpaired) electrons. The van der Waals surface area contributed by atoms with Crippen molar-refractivity contribution < 1.29 is 18.2 Å². The van der Waals surface area contributed by atoms with Crippen LogP contribution < -0.4 is 14.2 Å². The first-order valence-corrected chi connectivity index (χ1v) is 6.01. The molecule has 0 fully saturated rings. The highest BCUT2D eigenvalue weighted by atomic mass is 32.2. The maximum absolute atomic E-state index is 10.3. The van der Waals surface area contributed by atoms with Gasteiger partial charge in [-0.2, -0.15) is 0 Å². The number of methoxy groups -OCH3 is 2. The summed E-state index contributed by atoms with van der Waals surface area (Å²) in [6.45, 7) is 0. The SMILES string of the molecule is COc1ccc(CC=CNS(=O)O)c(OC)c1. The Balaban J connectivity index is 2.70. The predicted octanol–water partition coefficient (Wildman–Crippen LogP) is 1.49. The van der Waals surface area contributed by atoms with Crippen molar-refractivity contribution in [1.82, 2.24) is 4.72 Å². The van der Waals surface area contributed by atoms with Gasteiger partial charge in [0, 0.05) is 12.3 Å². The zero-order valence-corrected chi connectivity index (χ0v) is 10.5. The van der Waals surface area contributed by atoms with E-state index in [1.807, 2.05) is 12.1 Å². The summed E-state index contributed by atoms with van der Waals surface area (Å²) in [5, 5.41) is 0. The minimum atomic E-state index is -2.02. The molecule has 0 aromatic heterocycles. The molecular formula is C11H15NO4S. The van der Waals surface area contributed by atoms with Gasteiger partial charge in [0.05, 0.1) is 14.2 Å². The molecule has 0 saturated carbocycles. The minimum Gasteiger partial charge on any atom is -0.497 e. The van der Waals surface area contributed by atoms with Crippen LogP contribution in [0.4, 0.5) is 0 Å². The lowest BCUT2D eigenvalue weighted by Gasteiger charge is -2.08. The van der Waals surface area contributed by atoms with E-state index in [0.29, 0.717) is 6.42 Å². The zero-order chi connectivity index (χ0) is 12.7. The van der Waals surface area contributed by atoms with Gasteiger partial charge in [0.25, 0.3) is 11.3 Å². The normalized spacial score (nSPS) is 12.4. The molecule has 1 atom stereocenters. The molecule has 17 heavy (non-hydrogen) atoms. The maximum Gasteiger partial charge on any atom is 0.258 e. The van der Waals surface area contributed by atoms with Gasteiger partial charge in [-0.3, -0.25) is 9.27 Å². The molecule has 0 aliphatic rings. The Morgan fingerprint density at radius 2 is 2.18 bits per heavy atom. The number of ether oxygens (including phenoxy) is 2. The van der Waals surface area contributed by atoms with E-state index in [1.165, 1.54) is 6.20 Å². The highest BCUT2D eigenvalue weighted by Gasteiger charge is 2.02. The molecule has 5 nitrogen and oxygen atoms in total. The Hall–Kier alpha value is -1.53. The van der Waals surface area contributed by atoms with Gasteiger partial charge in [-0.25, -0.2) is 4.21 Å². The Morgan fingerprint density at radius 3 is 2.76 bits per heavy atom. The monoisotopic (exact) mass is 257 g/mol. The summed E-state index contributed by atoms with van der Waals surface area (Å²) in [6.07, 6.45) is 3.76. The quantitative estimate of drug-likeness (QED) is 0.758. The number of allylic oxidation sites excluding steroid dienone is 1. The van der Waals surface area contributed by atoms with Crippen LogP contribution in [0.25, 0.3) is 0 Å². The van der Waals surface area contributed by atoms with Crippen LogP contribution in [0.3, 0.4) is 0 Å². The fraction of sp³-hybridized carbons (Fsp3) is 0.273. The highest BCUT2D eigenvalue weighted by Crippen LogP contribution is 2.24. The average molecular weight is 257 g/mol. The Kier molecular flexibility index (Phi) is 5.51. The maximum atomic E-state index is 10.3. The smallest absolute Gasteiger partial charge is 0.258 e. The van der Waals surface area contributed by atoms with Gasteiger partial charge in [-0.1, -0.05) is 12.1 Å². The van der Waals surface area contributed by atoms with Crippen LogP contribution in [0.1, 0.15) is 5.56 Å². The lowest BCUT2D eigenvalue weighted by molar-refractivity contribution is 0.391. The largest absolute Gasteiger partial charge is 0.497 e. The van der Waals surface area contributed by atoms with E-state index in [0.717, 1.165) is 17.1 Å². The van der Waals surface area contributed by atoms with E-state index in [2.05, 4.69) is 4.72 Å². The molecule has 0 saturated heterocycles. The summed E-state index contributed by atoms with van der Waals surface area (Å²) in [5.74, 6) is 1.45. The molecule has 94 valence electrons. The molecule has 6 heteroatoms. The minimum absolute atomic E-state index is 0.595. The van der Waals surface area contributed by atoms with Gasteiger partial charge in [-0.05, 0) is 18.1 Å². The highest BCUT2D eigenvalue weighted by molar-refractivity contribution is 7.77. The van der Waals surface area contributed by atoms with Crippen LogP contribution in [0.5, 0.6) is 11.5 Å². The van der Waals surface area contributed by atoms with Gasteiger partial charge < -0.3 is 9.47 Å². The molecule has 2 N–H and O–H groups in total. The van der Waals surface area contributed by atoms with Crippen LogP contribution >= 0.6 is 0 Å². The van der Waals surface area contributed by atoms with Crippen molar-refractivity contribution in [2.45, 2.75) is 6.42 Å². The second-order valence-electron chi connectivity index (χ2n) is 3.15. The fourth-order valence-corrected chi connectivity index (χ4v) is 1.53. The van der Waals surface area contributed by atoms with E-state index < -0.39 is 11.3 Å². The third-order valence-electron chi connectivity index (χ3n) is 2.12. The second-order valence-corrected chi connectivity index (χ2v) is 3.89. The van der Waals surface area contributed by atoms with Crippen LogP contribution in [-0.2, 0) is 17.7 Å². The molecule has 0 heterocycles. The van der Waals surface area contributed by atoms with Crippen LogP contribution in [-0.4, -0.2) is 23.0 Å². The first-order chi connectivity index (χ1) is 8.17. The first-order valence-electron chi connectivity index (χ1n) is 4.90. The van der Waals surface area contributed by atoms with E-state index in [-0.39, 0.29) is 0 Å². The molecule has 0 aliphatic carbocycles. The number of nitrogens with one attached hydrogen (secondary N) is 1. The van der Waals surface area contributed by atoms with E-state index >= 15 is 0 Å². The molecule has 1 aromatic carbocycles. The average Bonchev–Trinajstić information content (AvgIpc) is 2.34. The van der Waals surface area contributed by atoms with Gasteiger partial charge >= 0.3 is 0 Å². The molecular weight excluding hydrogens is 242 g/mol. The van der Waals surface area contributed by atoms with Crippen LogP contribution in [0, 0.1) is 0 Å². The third-order valence-corrected chi connectivity index (χ3v) is 2.46. The third kappa shape index (κ3) is 4.46. The van der Waals surface area contributed by atoms with Gasteiger partial charge in [0.1, 0.15) is 11.5 Å². The number of benzene rings is 1. The van der Waals surface area contributed by atoms with Crippen LogP contribution in [0.15, 0.2) is 30.5 Å². The zero-order valence-electron chi connectivity index (χ0n) is 9.67. The van der Waals surface area contributed by atoms with Crippen molar-refractivity contribution in [3.8, 4) is 11.5 Å². The van der Waals surface area contributed by atoms with Crippen molar-refractivity contribution in [1.29, 1.82) is 0 Å². The number of hydrogen-bond acceptors (Lipinski definition) is 3. The molecule has 1 rings (SSSR count). The molecule has 0 bridgehead atoms. The molecule has 0 spiro atoms. The molecule has 0 aliphatic heterocycles. The standard InChI is InChI=1S/C11H15NO4S/c1-15-10-6-5-9(11(8-10)16-2)4-3-7-12-17(13)14/h3,5-8,12H,4H2,1-2H3,(H,13,14). The molecule has 0 amide bonds. The van der Waals surface area contributed by atoms with E-state index in [4.69, 9.17) is 14.0 Å². The summed E-state index contributed by atoms with van der Waals surface area (Å²) in [4.78, 5) is 0. The number of rotatable bonds is 6. The summed E-state index contributed by atoms with van der Waals surface area (Å²) in [6, 6.07) is 5.52. The first kappa shape index (κ1) is 13.5. The Labute approximate surface area is 103 Å². The lowest BCUT2D eigenvalue weighted by Crippen LogP contribution is -2.07. The van der Waals surface area contributed by atoms with Crippen LogP contribution in [0.2, 0.25) is 0 Å². The number of hydrogen-bond donors (Lipinski definition) is 2. The summed E-state index contributed by atoms with van der Waals surface area (Å²) in [7, 11) is 3.18. The summed E-state index contributed by atoms with van der Waals surface area (Å²) in [5.41, 5.74) is 0.968. The molecule has 1 unspecified atom stereocenters. The Bertz CT molecular complexity index is 420. The predicted molar refractivity (Wildman–Crippen MR) is 66.3 cm³/mol. The van der Waals surface area contributed by atoms with Crippen molar-refractivity contribution in [2.24, 2.45) is 0 Å². The lowest BCUT2D eigenvalue weighted by atomic mass is 10.1. The van der Waals surface area contributed by atoms with Crippen molar-refractivity contribution in [3.63, 3.8) is 0 Å². The van der Waals surface area contributed by atoms with Gasteiger partial charge in [0.15, 0.2) is 0 Å². The van der Waals surface area contributed by atoms with Gasteiger partial charge in [-0.15, -0.1) is 0 Å². The fourth-order valence-electron chi connectivity index (χ4n) is 1.31. The summed E-state index contributed by atoms with van der Waals surface area (Å²) >= 11 is -2.02. The Morgan fingerprint density at radius 1 is 1.41 bits per heavy atom. The van der Waals surface area contributed by atoms with Gasteiger partial charge in [0.2, 0.25) is 0 Å².